The van der Waals surface area contributed by atoms with Gasteiger partial charge in [-0.25, -0.2) is 4.79 Å². The van der Waals surface area contributed by atoms with E-state index in [0.29, 0.717) is 11.4 Å². The van der Waals surface area contributed by atoms with Gasteiger partial charge in [-0.1, -0.05) is 18.9 Å². The number of hydrogen-bond acceptors (Lipinski definition) is 4. The monoisotopic (exact) mass is 296 g/mol. The number of aliphatic carboxylic acids is 1. The number of amides is 1. The zero-order chi connectivity index (χ0) is 14.5. The molecule has 0 aliphatic heterocycles. The number of carbonyl (C=O) groups is 2. The first-order chi connectivity index (χ1) is 9.63. The van der Waals surface area contributed by atoms with E-state index in [0.717, 1.165) is 25.7 Å². The lowest BCUT2D eigenvalue weighted by atomic mass is 9.78. The van der Waals surface area contributed by atoms with Crippen LogP contribution < -0.4 is 11.1 Å². The zero-order valence-electron chi connectivity index (χ0n) is 11.2. The summed E-state index contributed by atoms with van der Waals surface area (Å²) in [6.07, 6.45) is 3.85. The Hall–Kier alpha value is -1.40. The summed E-state index contributed by atoms with van der Waals surface area (Å²) in [7, 11) is 0. The second-order valence-corrected chi connectivity index (χ2v) is 6.16. The van der Waals surface area contributed by atoms with Crippen molar-refractivity contribution in [3.8, 4) is 0 Å². The summed E-state index contributed by atoms with van der Waals surface area (Å²) in [5.41, 5.74) is 5.72. The first-order valence-electron chi connectivity index (χ1n) is 6.90. The van der Waals surface area contributed by atoms with E-state index in [1.807, 2.05) is 0 Å². The molecule has 1 heterocycles. The molecule has 1 aliphatic rings. The van der Waals surface area contributed by atoms with Crippen LogP contribution >= 0.6 is 11.3 Å². The summed E-state index contributed by atoms with van der Waals surface area (Å²) in [6, 6.07) is 2.55. The topological polar surface area (TPSA) is 92.4 Å². The van der Waals surface area contributed by atoms with Crippen LogP contribution in [0.25, 0.3) is 0 Å². The molecule has 3 unspecified atom stereocenters. The summed E-state index contributed by atoms with van der Waals surface area (Å²) in [5, 5.41) is 13.8. The molecule has 110 valence electrons. The SMILES string of the molecule is NCC1CCCCC1C(=O)NC(C(=O)O)c1cccs1. The highest BCUT2D eigenvalue weighted by molar-refractivity contribution is 7.10. The Bertz CT molecular complexity index is 461. The van der Waals surface area contributed by atoms with E-state index < -0.39 is 12.0 Å². The Morgan fingerprint density at radius 3 is 2.80 bits per heavy atom. The van der Waals surface area contributed by atoms with Gasteiger partial charge >= 0.3 is 5.97 Å². The van der Waals surface area contributed by atoms with Gasteiger partial charge in [0.15, 0.2) is 6.04 Å². The third-order valence-electron chi connectivity index (χ3n) is 3.91. The zero-order valence-corrected chi connectivity index (χ0v) is 12.1. The average Bonchev–Trinajstić information content (AvgIpc) is 2.97. The Kier molecular flexibility index (Phi) is 5.14. The maximum atomic E-state index is 12.4. The van der Waals surface area contributed by atoms with Gasteiger partial charge in [0.1, 0.15) is 0 Å². The van der Waals surface area contributed by atoms with E-state index in [-0.39, 0.29) is 17.7 Å². The molecule has 0 saturated heterocycles. The molecule has 4 N–H and O–H groups in total. The minimum absolute atomic E-state index is 0.157. The molecule has 1 aromatic rings. The Balaban J connectivity index is 2.06. The molecule has 0 bridgehead atoms. The molecular formula is C14H20N2O3S. The normalized spacial score (nSPS) is 24.1. The van der Waals surface area contributed by atoms with Crippen molar-refractivity contribution in [3.63, 3.8) is 0 Å². The van der Waals surface area contributed by atoms with Gasteiger partial charge in [-0.05, 0) is 36.8 Å². The minimum atomic E-state index is -1.03. The van der Waals surface area contributed by atoms with Crippen molar-refractivity contribution in [2.45, 2.75) is 31.7 Å². The molecular weight excluding hydrogens is 276 g/mol. The van der Waals surface area contributed by atoms with Crippen LogP contribution in [0.2, 0.25) is 0 Å². The number of carboxylic acid groups (broad SMARTS) is 1. The standard InChI is InChI=1S/C14H20N2O3S/c15-8-9-4-1-2-5-10(9)13(17)16-12(14(18)19)11-6-3-7-20-11/h3,6-7,9-10,12H,1-2,4-5,8,15H2,(H,16,17)(H,18,19). The molecule has 20 heavy (non-hydrogen) atoms. The van der Waals surface area contributed by atoms with E-state index >= 15 is 0 Å². The number of thiophene rings is 1. The maximum absolute atomic E-state index is 12.4. The Labute approximate surface area is 122 Å². The minimum Gasteiger partial charge on any atom is -0.479 e. The van der Waals surface area contributed by atoms with Crippen molar-refractivity contribution in [2.24, 2.45) is 17.6 Å². The van der Waals surface area contributed by atoms with Crippen molar-refractivity contribution in [3.05, 3.63) is 22.4 Å². The van der Waals surface area contributed by atoms with Crippen LogP contribution in [0.1, 0.15) is 36.6 Å². The highest BCUT2D eigenvalue weighted by Gasteiger charge is 2.33. The van der Waals surface area contributed by atoms with Crippen LogP contribution in [0.5, 0.6) is 0 Å². The lowest BCUT2D eigenvalue weighted by molar-refractivity contribution is -0.143. The van der Waals surface area contributed by atoms with E-state index in [1.165, 1.54) is 11.3 Å². The van der Waals surface area contributed by atoms with Crippen LogP contribution in [0.3, 0.4) is 0 Å². The van der Waals surface area contributed by atoms with Crippen molar-refractivity contribution in [2.75, 3.05) is 6.54 Å². The smallest absolute Gasteiger partial charge is 0.331 e. The fourth-order valence-electron chi connectivity index (χ4n) is 2.79. The quantitative estimate of drug-likeness (QED) is 0.772. The van der Waals surface area contributed by atoms with Crippen LogP contribution in [0.15, 0.2) is 17.5 Å². The molecule has 2 rings (SSSR count). The van der Waals surface area contributed by atoms with Crippen LogP contribution in [-0.2, 0) is 9.59 Å². The molecule has 0 radical (unpaired) electrons. The van der Waals surface area contributed by atoms with Crippen molar-refractivity contribution in [1.82, 2.24) is 5.32 Å². The van der Waals surface area contributed by atoms with Gasteiger partial charge in [0, 0.05) is 10.8 Å². The van der Waals surface area contributed by atoms with Crippen molar-refractivity contribution < 1.29 is 14.7 Å². The molecule has 6 heteroatoms. The molecule has 0 spiro atoms. The molecule has 1 amide bonds. The Morgan fingerprint density at radius 2 is 2.20 bits per heavy atom. The third kappa shape index (κ3) is 3.37. The summed E-state index contributed by atoms with van der Waals surface area (Å²) in [4.78, 5) is 24.3. The summed E-state index contributed by atoms with van der Waals surface area (Å²) >= 11 is 1.33. The average molecular weight is 296 g/mol. The molecule has 1 aliphatic carbocycles. The number of hydrogen-bond donors (Lipinski definition) is 3. The Morgan fingerprint density at radius 1 is 1.45 bits per heavy atom. The maximum Gasteiger partial charge on any atom is 0.331 e. The van der Waals surface area contributed by atoms with Gasteiger partial charge in [0.2, 0.25) is 5.91 Å². The number of nitrogens with one attached hydrogen (secondary N) is 1. The molecule has 1 saturated carbocycles. The van der Waals surface area contributed by atoms with Gasteiger partial charge < -0.3 is 16.2 Å². The fraction of sp³-hybridized carbons (Fsp3) is 0.571. The fourth-order valence-corrected chi connectivity index (χ4v) is 3.56. The number of nitrogens with two attached hydrogens (primary N) is 1. The first-order valence-corrected chi connectivity index (χ1v) is 7.78. The largest absolute Gasteiger partial charge is 0.479 e. The van der Waals surface area contributed by atoms with Crippen molar-refractivity contribution in [1.29, 1.82) is 0 Å². The van der Waals surface area contributed by atoms with Gasteiger partial charge in [0.25, 0.3) is 0 Å². The van der Waals surface area contributed by atoms with E-state index in [2.05, 4.69) is 5.32 Å². The van der Waals surface area contributed by atoms with E-state index in [9.17, 15) is 14.7 Å². The lowest BCUT2D eigenvalue weighted by Crippen LogP contribution is -2.42. The molecule has 5 nitrogen and oxygen atoms in total. The highest BCUT2D eigenvalue weighted by atomic mass is 32.1. The predicted molar refractivity (Wildman–Crippen MR) is 77.3 cm³/mol. The van der Waals surface area contributed by atoms with Crippen LogP contribution in [-0.4, -0.2) is 23.5 Å². The summed E-state index contributed by atoms with van der Waals surface area (Å²) in [5.74, 6) is -1.20. The third-order valence-corrected chi connectivity index (χ3v) is 4.85. The van der Waals surface area contributed by atoms with Crippen molar-refractivity contribution >= 4 is 23.2 Å². The molecule has 1 fully saturated rings. The molecule has 3 atom stereocenters. The molecule has 1 aromatic heterocycles. The summed E-state index contributed by atoms with van der Waals surface area (Å²) < 4.78 is 0. The van der Waals surface area contributed by atoms with Gasteiger partial charge in [-0.3, -0.25) is 4.79 Å². The first kappa shape index (κ1) is 15.0. The second kappa shape index (κ2) is 6.85. The number of carbonyl (C=O) groups excluding carboxylic acids is 1. The number of rotatable bonds is 5. The summed E-state index contributed by atoms with van der Waals surface area (Å²) in [6.45, 7) is 0.481. The second-order valence-electron chi connectivity index (χ2n) is 5.18. The van der Waals surface area contributed by atoms with Gasteiger partial charge in [-0.2, -0.15) is 0 Å². The predicted octanol–water partition coefficient (Wildman–Crippen LogP) is 1.76. The van der Waals surface area contributed by atoms with Crippen LogP contribution in [0.4, 0.5) is 0 Å². The molecule has 0 aromatic carbocycles. The van der Waals surface area contributed by atoms with E-state index in [4.69, 9.17) is 5.73 Å². The highest BCUT2D eigenvalue weighted by Crippen LogP contribution is 2.30. The van der Waals surface area contributed by atoms with Gasteiger partial charge in [-0.15, -0.1) is 11.3 Å². The van der Waals surface area contributed by atoms with E-state index in [1.54, 1.807) is 17.5 Å². The van der Waals surface area contributed by atoms with Crippen LogP contribution in [0, 0.1) is 11.8 Å². The van der Waals surface area contributed by atoms with Gasteiger partial charge in [0.05, 0.1) is 0 Å². The lowest BCUT2D eigenvalue weighted by Gasteiger charge is -2.30. The number of carboxylic acids is 1.